The van der Waals surface area contributed by atoms with Gasteiger partial charge in [-0.25, -0.2) is 0 Å². The molecule has 0 unspecified atom stereocenters. The highest BCUT2D eigenvalue weighted by atomic mass is 19.4. The highest BCUT2D eigenvalue weighted by molar-refractivity contribution is 5.96. The molecule has 7 heteroatoms. The maximum atomic E-state index is 12.4. The maximum Gasteiger partial charge on any atom is 0.416 e. The SMILES string of the molecule is NC(=O)Cc1ccc(C(F)(F)F)cc1C(N)=O. The lowest BCUT2D eigenvalue weighted by molar-refractivity contribution is -0.137. The first-order valence-electron chi connectivity index (χ1n) is 4.50. The van der Waals surface area contributed by atoms with E-state index in [1.165, 1.54) is 0 Å². The number of carbonyl (C=O) groups excluding carboxylic acids is 2. The van der Waals surface area contributed by atoms with Crippen molar-refractivity contribution < 1.29 is 22.8 Å². The molecule has 4 N–H and O–H groups in total. The van der Waals surface area contributed by atoms with Gasteiger partial charge in [0, 0.05) is 5.56 Å². The van der Waals surface area contributed by atoms with Crippen LogP contribution in [0.1, 0.15) is 21.5 Å². The van der Waals surface area contributed by atoms with Gasteiger partial charge in [-0.1, -0.05) is 6.07 Å². The summed E-state index contributed by atoms with van der Waals surface area (Å²) in [6, 6.07) is 2.40. The minimum Gasteiger partial charge on any atom is -0.369 e. The Hall–Kier alpha value is -2.05. The Balaban J connectivity index is 3.27. The molecule has 0 saturated heterocycles. The summed E-state index contributed by atoms with van der Waals surface area (Å²) in [5.41, 5.74) is 8.58. The fourth-order valence-corrected chi connectivity index (χ4v) is 1.32. The molecule has 0 radical (unpaired) electrons. The van der Waals surface area contributed by atoms with E-state index in [0.29, 0.717) is 6.07 Å². The molecular formula is C10H9F3N2O2. The lowest BCUT2D eigenvalue weighted by atomic mass is 10.0. The minimum atomic E-state index is -4.57. The Bertz CT molecular complexity index is 469. The number of benzene rings is 1. The molecule has 0 aliphatic heterocycles. The van der Waals surface area contributed by atoms with Crippen molar-refractivity contribution in [2.24, 2.45) is 11.5 Å². The first-order chi connectivity index (χ1) is 7.71. The fourth-order valence-electron chi connectivity index (χ4n) is 1.32. The summed E-state index contributed by atoms with van der Waals surface area (Å²) in [4.78, 5) is 21.7. The molecule has 0 aromatic heterocycles. The van der Waals surface area contributed by atoms with Crippen molar-refractivity contribution in [1.29, 1.82) is 0 Å². The predicted octanol–water partition coefficient (Wildman–Crippen LogP) is 0.832. The van der Waals surface area contributed by atoms with Gasteiger partial charge in [-0.05, 0) is 17.7 Å². The van der Waals surface area contributed by atoms with E-state index in [1.807, 2.05) is 0 Å². The number of primary amides is 2. The van der Waals surface area contributed by atoms with Crippen LogP contribution in [-0.4, -0.2) is 11.8 Å². The van der Waals surface area contributed by atoms with Crippen LogP contribution >= 0.6 is 0 Å². The standard InChI is InChI=1S/C10H9F3N2O2/c11-10(12,13)6-2-1-5(3-8(14)16)7(4-6)9(15)17/h1-2,4H,3H2,(H2,14,16)(H2,15,17). The number of halogens is 3. The average Bonchev–Trinajstić information content (AvgIpc) is 2.15. The molecule has 1 aromatic rings. The van der Waals surface area contributed by atoms with Crippen molar-refractivity contribution in [2.45, 2.75) is 12.6 Å². The molecule has 2 amide bonds. The van der Waals surface area contributed by atoms with Crippen LogP contribution < -0.4 is 11.5 Å². The molecule has 0 aliphatic carbocycles. The number of hydrogen-bond donors (Lipinski definition) is 2. The van der Waals surface area contributed by atoms with E-state index in [4.69, 9.17) is 11.5 Å². The zero-order valence-corrected chi connectivity index (χ0v) is 8.54. The molecule has 0 saturated carbocycles. The molecular weight excluding hydrogens is 237 g/mol. The monoisotopic (exact) mass is 246 g/mol. The fraction of sp³-hybridized carbons (Fsp3) is 0.200. The van der Waals surface area contributed by atoms with Crippen LogP contribution in [0.2, 0.25) is 0 Å². The third-order valence-corrected chi connectivity index (χ3v) is 2.07. The number of rotatable bonds is 3. The van der Waals surface area contributed by atoms with Gasteiger partial charge in [0.15, 0.2) is 0 Å². The third kappa shape index (κ3) is 3.20. The number of nitrogens with two attached hydrogens (primary N) is 2. The van der Waals surface area contributed by atoms with Crippen molar-refractivity contribution in [3.05, 3.63) is 34.9 Å². The van der Waals surface area contributed by atoms with Crippen LogP contribution in [0.15, 0.2) is 18.2 Å². The Morgan fingerprint density at radius 1 is 1.18 bits per heavy atom. The highest BCUT2D eigenvalue weighted by Gasteiger charge is 2.31. The van der Waals surface area contributed by atoms with E-state index in [0.717, 1.165) is 12.1 Å². The summed E-state index contributed by atoms with van der Waals surface area (Å²) in [7, 11) is 0. The Morgan fingerprint density at radius 2 is 1.76 bits per heavy atom. The van der Waals surface area contributed by atoms with Crippen LogP contribution in [0, 0.1) is 0 Å². The minimum absolute atomic E-state index is 0.0815. The molecule has 0 bridgehead atoms. The van der Waals surface area contributed by atoms with Crippen molar-refractivity contribution in [2.75, 3.05) is 0 Å². The van der Waals surface area contributed by atoms with E-state index in [9.17, 15) is 22.8 Å². The van der Waals surface area contributed by atoms with Crippen LogP contribution in [0.5, 0.6) is 0 Å². The Labute approximate surface area is 94.4 Å². The zero-order chi connectivity index (χ0) is 13.2. The normalized spacial score (nSPS) is 11.2. The molecule has 92 valence electrons. The second-order valence-electron chi connectivity index (χ2n) is 3.38. The van der Waals surface area contributed by atoms with Gasteiger partial charge < -0.3 is 11.5 Å². The molecule has 0 fully saturated rings. The number of hydrogen-bond acceptors (Lipinski definition) is 2. The van der Waals surface area contributed by atoms with Gasteiger partial charge in [-0.2, -0.15) is 13.2 Å². The van der Waals surface area contributed by atoms with Gasteiger partial charge >= 0.3 is 6.18 Å². The van der Waals surface area contributed by atoms with E-state index < -0.39 is 23.6 Å². The van der Waals surface area contributed by atoms with E-state index in [-0.39, 0.29) is 17.5 Å². The smallest absolute Gasteiger partial charge is 0.369 e. The summed E-state index contributed by atoms with van der Waals surface area (Å²) in [5.74, 6) is -1.79. The Morgan fingerprint density at radius 3 is 2.18 bits per heavy atom. The zero-order valence-electron chi connectivity index (χ0n) is 8.54. The summed E-state index contributed by atoms with van der Waals surface area (Å²) >= 11 is 0. The van der Waals surface area contributed by atoms with Gasteiger partial charge in [-0.15, -0.1) is 0 Å². The first kappa shape index (κ1) is 13.0. The Kier molecular flexibility index (Phi) is 3.40. The van der Waals surface area contributed by atoms with Gasteiger partial charge in [0.05, 0.1) is 12.0 Å². The first-order valence-corrected chi connectivity index (χ1v) is 4.50. The second-order valence-corrected chi connectivity index (χ2v) is 3.38. The molecule has 1 rings (SSSR count). The van der Waals surface area contributed by atoms with E-state index >= 15 is 0 Å². The molecule has 4 nitrogen and oxygen atoms in total. The lowest BCUT2D eigenvalue weighted by Crippen LogP contribution is -2.20. The van der Waals surface area contributed by atoms with Crippen molar-refractivity contribution in [3.8, 4) is 0 Å². The van der Waals surface area contributed by atoms with Crippen LogP contribution in [0.4, 0.5) is 13.2 Å². The lowest BCUT2D eigenvalue weighted by Gasteiger charge is -2.10. The highest BCUT2D eigenvalue weighted by Crippen LogP contribution is 2.30. The van der Waals surface area contributed by atoms with Crippen LogP contribution in [0.25, 0.3) is 0 Å². The molecule has 1 aromatic carbocycles. The van der Waals surface area contributed by atoms with Crippen LogP contribution in [-0.2, 0) is 17.4 Å². The van der Waals surface area contributed by atoms with Gasteiger partial charge in [0.25, 0.3) is 0 Å². The summed E-state index contributed by atoms with van der Waals surface area (Å²) in [6.07, 6.45) is -4.91. The molecule has 0 aliphatic rings. The van der Waals surface area contributed by atoms with E-state index in [1.54, 1.807) is 0 Å². The molecule has 0 heterocycles. The largest absolute Gasteiger partial charge is 0.416 e. The van der Waals surface area contributed by atoms with Crippen molar-refractivity contribution >= 4 is 11.8 Å². The maximum absolute atomic E-state index is 12.4. The quantitative estimate of drug-likeness (QED) is 0.827. The van der Waals surface area contributed by atoms with E-state index in [2.05, 4.69) is 0 Å². The van der Waals surface area contributed by atoms with Crippen LogP contribution in [0.3, 0.4) is 0 Å². The van der Waals surface area contributed by atoms with Gasteiger partial charge in [0.1, 0.15) is 0 Å². The predicted molar refractivity (Wildman–Crippen MR) is 52.9 cm³/mol. The molecule has 0 atom stereocenters. The van der Waals surface area contributed by atoms with Gasteiger partial charge in [-0.3, -0.25) is 9.59 Å². The van der Waals surface area contributed by atoms with Crippen molar-refractivity contribution in [3.63, 3.8) is 0 Å². The van der Waals surface area contributed by atoms with Gasteiger partial charge in [0.2, 0.25) is 11.8 Å². The average molecular weight is 246 g/mol. The number of alkyl halides is 3. The topological polar surface area (TPSA) is 86.2 Å². The second kappa shape index (κ2) is 4.44. The summed E-state index contributed by atoms with van der Waals surface area (Å²) in [6.45, 7) is 0. The molecule has 17 heavy (non-hydrogen) atoms. The van der Waals surface area contributed by atoms with Crippen molar-refractivity contribution in [1.82, 2.24) is 0 Å². The number of carbonyl (C=O) groups is 2. The summed E-state index contributed by atoms with van der Waals surface area (Å²) in [5, 5.41) is 0. The summed E-state index contributed by atoms with van der Waals surface area (Å²) < 4.78 is 37.1. The molecule has 0 spiro atoms. The number of amides is 2. The third-order valence-electron chi connectivity index (χ3n) is 2.07.